The monoisotopic (exact) mass is 277 g/mol. The van der Waals surface area contributed by atoms with Crippen molar-refractivity contribution in [3.05, 3.63) is 36.4 Å². The highest BCUT2D eigenvalue weighted by Crippen LogP contribution is 2.32. The van der Waals surface area contributed by atoms with Gasteiger partial charge in [-0.3, -0.25) is 4.79 Å². The summed E-state index contributed by atoms with van der Waals surface area (Å²) in [5.41, 5.74) is 0.919. The zero-order valence-electron chi connectivity index (χ0n) is 12.7. The van der Waals surface area contributed by atoms with E-state index >= 15 is 0 Å². The average Bonchev–Trinajstić information content (AvgIpc) is 2.44. The summed E-state index contributed by atoms with van der Waals surface area (Å²) in [7, 11) is 3.34. The van der Waals surface area contributed by atoms with Crippen molar-refractivity contribution < 1.29 is 14.3 Å². The molecule has 0 aromatic heterocycles. The predicted octanol–water partition coefficient (Wildman–Crippen LogP) is 2.87. The van der Waals surface area contributed by atoms with Crippen LogP contribution in [0, 0.1) is 5.92 Å². The number of nitrogens with zero attached hydrogens (tertiary/aromatic N) is 1. The number of carbonyl (C=O) groups excluding carboxylic acids is 1. The Labute approximate surface area is 121 Å². The fourth-order valence-corrected chi connectivity index (χ4v) is 1.75. The van der Waals surface area contributed by atoms with Crippen LogP contribution in [-0.4, -0.2) is 31.6 Å². The molecule has 110 valence electrons. The lowest BCUT2D eigenvalue weighted by molar-refractivity contribution is -0.125. The van der Waals surface area contributed by atoms with Crippen LogP contribution in [0.3, 0.4) is 0 Å². The van der Waals surface area contributed by atoms with Gasteiger partial charge in [0.15, 0.2) is 11.5 Å². The summed E-state index contributed by atoms with van der Waals surface area (Å²) in [6.07, 6.45) is 1.30. The van der Waals surface area contributed by atoms with E-state index in [1.807, 2.05) is 18.2 Å². The summed E-state index contributed by atoms with van der Waals surface area (Å²) in [6, 6.07) is 5.68. The molecular formula is C16H23NO3. The number of benzene rings is 1. The maximum atomic E-state index is 11.6. The third-order valence-corrected chi connectivity index (χ3v) is 2.80. The van der Waals surface area contributed by atoms with E-state index in [9.17, 15) is 4.79 Å². The van der Waals surface area contributed by atoms with Gasteiger partial charge in [0.25, 0.3) is 0 Å². The lowest BCUT2D eigenvalue weighted by Crippen LogP contribution is -2.24. The number of likely N-dealkylation sites (N-methyl/N-ethyl adjacent to an activating group) is 1. The number of ether oxygens (including phenoxy) is 2. The molecule has 1 aromatic rings. The predicted molar refractivity (Wildman–Crippen MR) is 80.0 cm³/mol. The van der Waals surface area contributed by atoms with Crippen molar-refractivity contribution in [3.63, 3.8) is 0 Å². The summed E-state index contributed by atoms with van der Waals surface area (Å²) >= 11 is 0. The number of carbonyl (C=O) groups is 1. The Morgan fingerprint density at radius 2 is 2.15 bits per heavy atom. The zero-order chi connectivity index (χ0) is 15.1. The summed E-state index contributed by atoms with van der Waals surface area (Å²) < 4.78 is 11.2. The van der Waals surface area contributed by atoms with Gasteiger partial charge in [-0.1, -0.05) is 32.6 Å². The molecule has 0 saturated carbocycles. The molecule has 20 heavy (non-hydrogen) atoms. The minimum Gasteiger partial charge on any atom is -0.493 e. The number of amides is 1. The maximum Gasteiger partial charge on any atom is 0.245 e. The molecule has 0 unspecified atom stereocenters. The van der Waals surface area contributed by atoms with Crippen molar-refractivity contribution in [2.45, 2.75) is 20.4 Å². The molecular weight excluding hydrogens is 254 g/mol. The van der Waals surface area contributed by atoms with Crippen LogP contribution in [0.1, 0.15) is 19.4 Å². The first-order valence-electron chi connectivity index (χ1n) is 6.65. The minimum atomic E-state index is -0.123. The molecule has 0 atom stereocenters. The van der Waals surface area contributed by atoms with E-state index in [-0.39, 0.29) is 5.91 Å². The number of hydrogen-bond donors (Lipinski definition) is 0. The van der Waals surface area contributed by atoms with Crippen LogP contribution in [0.5, 0.6) is 11.5 Å². The Morgan fingerprint density at radius 1 is 1.45 bits per heavy atom. The molecule has 4 nitrogen and oxygen atoms in total. The SMILES string of the molecule is C=CC(=O)N(C)Cc1cccc(OC)c1OCC(C)C. The molecule has 0 aliphatic heterocycles. The van der Waals surface area contributed by atoms with Gasteiger partial charge in [0.05, 0.1) is 13.7 Å². The Kier molecular flexibility index (Phi) is 6.10. The van der Waals surface area contributed by atoms with Crippen LogP contribution in [-0.2, 0) is 11.3 Å². The molecule has 0 aliphatic carbocycles. The van der Waals surface area contributed by atoms with Gasteiger partial charge in [-0.15, -0.1) is 0 Å². The molecule has 4 heteroatoms. The molecule has 0 N–H and O–H groups in total. The van der Waals surface area contributed by atoms with Crippen LogP contribution in [0.25, 0.3) is 0 Å². The fourth-order valence-electron chi connectivity index (χ4n) is 1.75. The van der Waals surface area contributed by atoms with Crippen molar-refractivity contribution in [1.29, 1.82) is 0 Å². The van der Waals surface area contributed by atoms with Gasteiger partial charge in [0, 0.05) is 19.2 Å². The minimum absolute atomic E-state index is 0.123. The van der Waals surface area contributed by atoms with Gasteiger partial charge in [-0.05, 0) is 18.1 Å². The van der Waals surface area contributed by atoms with E-state index in [0.29, 0.717) is 30.6 Å². The fraction of sp³-hybridized carbons (Fsp3) is 0.438. The second-order valence-corrected chi connectivity index (χ2v) is 5.05. The largest absolute Gasteiger partial charge is 0.493 e. The number of hydrogen-bond acceptors (Lipinski definition) is 3. The van der Waals surface area contributed by atoms with Crippen LogP contribution in [0.15, 0.2) is 30.9 Å². The molecule has 0 fully saturated rings. The van der Waals surface area contributed by atoms with Crippen molar-refractivity contribution >= 4 is 5.91 Å². The van der Waals surface area contributed by atoms with Gasteiger partial charge in [0.1, 0.15) is 0 Å². The first-order chi connectivity index (χ1) is 9.49. The Morgan fingerprint density at radius 3 is 2.70 bits per heavy atom. The van der Waals surface area contributed by atoms with Gasteiger partial charge in [-0.2, -0.15) is 0 Å². The smallest absolute Gasteiger partial charge is 0.245 e. The third-order valence-electron chi connectivity index (χ3n) is 2.80. The van der Waals surface area contributed by atoms with Crippen LogP contribution < -0.4 is 9.47 Å². The van der Waals surface area contributed by atoms with Crippen molar-refractivity contribution in [2.75, 3.05) is 20.8 Å². The van der Waals surface area contributed by atoms with E-state index in [4.69, 9.17) is 9.47 Å². The van der Waals surface area contributed by atoms with E-state index in [0.717, 1.165) is 5.56 Å². The lowest BCUT2D eigenvalue weighted by atomic mass is 10.1. The van der Waals surface area contributed by atoms with E-state index in [1.54, 1.807) is 19.1 Å². The van der Waals surface area contributed by atoms with E-state index in [2.05, 4.69) is 20.4 Å². The highest BCUT2D eigenvalue weighted by Gasteiger charge is 2.14. The molecule has 0 heterocycles. The first-order valence-corrected chi connectivity index (χ1v) is 6.65. The van der Waals surface area contributed by atoms with Crippen molar-refractivity contribution in [3.8, 4) is 11.5 Å². The molecule has 0 bridgehead atoms. The summed E-state index contributed by atoms with van der Waals surface area (Å²) in [4.78, 5) is 13.2. The number of methoxy groups -OCH3 is 1. The molecule has 0 saturated heterocycles. The van der Waals surface area contributed by atoms with Crippen molar-refractivity contribution in [1.82, 2.24) is 4.90 Å². The average molecular weight is 277 g/mol. The molecule has 0 radical (unpaired) electrons. The highest BCUT2D eigenvalue weighted by atomic mass is 16.5. The van der Waals surface area contributed by atoms with Gasteiger partial charge >= 0.3 is 0 Å². The summed E-state index contributed by atoms with van der Waals surface area (Å²) in [5, 5.41) is 0. The van der Waals surface area contributed by atoms with Gasteiger partial charge in [0.2, 0.25) is 5.91 Å². The number of rotatable bonds is 7. The van der Waals surface area contributed by atoms with Gasteiger partial charge < -0.3 is 14.4 Å². The molecule has 0 aliphatic rings. The van der Waals surface area contributed by atoms with Crippen molar-refractivity contribution in [2.24, 2.45) is 5.92 Å². The van der Waals surface area contributed by atoms with Crippen LogP contribution >= 0.6 is 0 Å². The molecule has 1 amide bonds. The zero-order valence-corrected chi connectivity index (χ0v) is 12.7. The number of para-hydroxylation sites is 1. The van der Waals surface area contributed by atoms with Crippen LogP contribution in [0.4, 0.5) is 0 Å². The molecule has 0 spiro atoms. The Bertz CT molecular complexity index is 469. The quantitative estimate of drug-likeness (QED) is 0.719. The second kappa shape index (κ2) is 7.58. The lowest BCUT2D eigenvalue weighted by Gasteiger charge is -2.20. The van der Waals surface area contributed by atoms with Gasteiger partial charge in [-0.25, -0.2) is 0 Å². The second-order valence-electron chi connectivity index (χ2n) is 5.05. The maximum absolute atomic E-state index is 11.6. The van der Waals surface area contributed by atoms with Crippen LogP contribution in [0.2, 0.25) is 0 Å². The summed E-state index contributed by atoms with van der Waals surface area (Å²) in [6.45, 7) is 8.72. The molecule has 1 rings (SSSR count). The Balaban J connectivity index is 2.98. The normalized spacial score (nSPS) is 10.2. The highest BCUT2D eigenvalue weighted by molar-refractivity contribution is 5.86. The third kappa shape index (κ3) is 4.30. The molecule has 1 aromatic carbocycles. The first kappa shape index (κ1) is 16.1. The standard InChI is InChI=1S/C16H23NO3/c1-6-15(18)17(4)10-13-8-7-9-14(19-5)16(13)20-11-12(2)3/h6-9,12H,1,10-11H2,2-5H3. The van der Waals surface area contributed by atoms with E-state index < -0.39 is 0 Å². The summed E-state index contributed by atoms with van der Waals surface area (Å²) in [5.74, 6) is 1.68. The Hall–Kier alpha value is -1.97. The topological polar surface area (TPSA) is 38.8 Å². The van der Waals surface area contributed by atoms with E-state index in [1.165, 1.54) is 6.08 Å².